The third-order valence-electron chi connectivity index (χ3n) is 6.66. The number of anilines is 2. The summed E-state index contributed by atoms with van der Waals surface area (Å²) in [6.45, 7) is 3.04. The third kappa shape index (κ3) is 5.68. The van der Waals surface area contributed by atoms with Crippen molar-refractivity contribution < 1.29 is 14.0 Å². The molecule has 8 nitrogen and oxygen atoms in total. The van der Waals surface area contributed by atoms with Gasteiger partial charge in [-0.05, 0) is 86.7 Å². The van der Waals surface area contributed by atoms with Gasteiger partial charge in [-0.1, -0.05) is 12.1 Å². The molecule has 39 heavy (non-hydrogen) atoms. The molecular weight excluding hydrogens is 495 g/mol. The van der Waals surface area contributed by atoms with Crippen LogP contribution in [0.3, 0.4) is 0 Å². The first-order valence-electron chi connectivity index (χ1n) is 12.7. The summed E-state index contributed by atoms with van der Waals surface area (Å²) in [5.74, 6) is -1.48. The maximum Gasteiger partial charge on any atom is 0.238 e. The fourth-order valence-corrected chi connectivity index (χ4v) is 4.78. The number of aliphatic imine (C=N–C) groups is 1. The third-order valence-corrected chi connectivity index (χ3v) is 6.66. The lowest BCUT2D eigenvalue weighted by molar-refractivity contribution is -0.117. The molecule has 1 aromatic heterocycles. The highest BCUT2D eigenvalue weighted by molar-refractivity contribution is 6.24. The van der Waals surface area contributed by atoms with E-state index in [9.17, 15) is 14.0 Å². The highest BCUT2D eigenvalue weighted by Gasteiger charge is 2.35. The Bertz CT molecular complexity index is 1570. The van der Waals surface area contributed by atoms with Gasteiger partial charge >= 0.3 is 0 Å². The number of halogens is 1. The fraction of sp³-hybridized carbons (Fsp3) is 0.233. The lowest BCUT2D eigenvalue weighted by atomic mass is 9.90. The van der Waals surface area contributed by atoms with E-state index in [0.29, 0.717) is 40.3 Å². The summed E-state index contributed by atoms with van der Waals surface area (Å²) in [4.78, 5) is 43.0. The van der Waals surface area contributed by atoms with Gasteiger partial charge in [0.15, 0.2) is 0 Å². The van der Waals surface area contributed by atoms with Gasteiger partial charge in [-0.25, -0.2) is 4.39 Å². The van der Waals surface area contributed by atoms with Gasteiger partial charge in [0.05, 0.1) is 22.4 Å². The van der Waals surface area contributed by atoms with Gasteiger partial charge in [0.1, 0.15) is 11.7 Å². The van der Waals surface area contributed by atoms with Crippen molar-refractivity contribution in [2.24, 2.45) is 4.99 Å². The van der Waals surface area contributed by atoms with E-state index in [1.54, 1.807) is 30.3 Å². The molecule has 2 amide bonds. The van der Waals surface area contributed by atoms with Crippen LogP contribution in [0.2, 0.25) is 0 Å². The first-order valence-corrected chi connectivity index (χ1v) is 12.7. The predicted molar refractivity (Wildman–Crippen MR) is 151 cm³/mol. The van der Waals surface area contributed by atoms with Crippen LogP contribution in [0.15, 0.2) is 78.0 Å². The number of carbonyl (C=O) groups excluding carboxylic acids is 2. The predicted octanol–water partition coefficient (Wildman–Crippen LogP) is 4.93. The van der Waals surface area contributed by atoms with Gasteiger partial charge in [0.25, 0.3) is 0 Å². The van der Waals surface area contributed by atoms with Gasteiger partial charge in [-0.2, -0.15) is 0 Å². The van der Waals surface area contributed by atoms with E-state index in [2.05, 4.69) is 20.2 Å². The van der Waals surface area contributed by atoms with Gasteiger partial charge in [-0.3, -0.25) is 24.5 Å². The van der Waals surface area contributed by atoms with Crippen molar-refractivity contribution in [3.63, 3.8) is 0 Å². The average Bonchev–Trinajstić information content (AvgIpc) is 3.24. The standard InChI is InChI=1S/C30H29FN6O2/c1-19(38)37(16-4-15-36(2)3)23-9-7-22(8-10-23)34-29(20-5-12-25-27(17-20)33-14-13-32-25)28-24-11-6-21(31)18-26(24)35-30(28)39/h5-14,17-18,28H,4,15-16H2,1-3H3,(H,35,39). The van der Waals surface area contributed by atoms with Crippen molar-refractivity contribution in [2.45, 2.75) is 19.3 Å². The normalized spacial score (nSPS) is 14.9. The minimum Gasteiger partial charge on any atom is -0.325 e. The van der Waals surface area contributed by atoms with Crippen molar-refractivity contribution in [1.82, 2.24) is 14.9 Å². The first-order chi connectivity index (χ1) is 18.8. The molecule has 4 aromatic rings. The Hall–Kier alpha value is -4.50. The number of hydrogen-bond acceptors (Lipinski definition) is 6. The summed E-state index contributed by atoms with van der Waals surface area (Å²) < 4.78 is 13.9. The second kappa shape index (κ2) is 11.1. The van der Waals surface area contributed by atoms with Crippen LogP contribution < -0.4 is 10.2 Å². The van der Waals surface area contributed by atoms with E-state index in [1.165, 1.54) is 12.1 Å². The van der Waals surface area contributed by atoms with Crippen LogP contribution in [-0.4, -0.2) is 59.6 Å². The Labute approximate surface area is 226 Å². The molecule has 3 aromatic carbocycles. The van der Waals surface area contributed by atoms with Gasteiger partial charge in [0, 0.05) is 37.2 Å². The molecule has 0 radical (unpaired) electrons. The molecule has 0 aliphatic carbocycles. The Morgan fingerprint density at radius 1 is 0.974 bits per heavy atom. The Kier molecular flexibility index (Phi) is 7.42. The van der Waals surface area contributed by atoms with Crippen molar-refractivity contribution in [1.29, 1.82) is 0 Å². The van der Waals surface area contributed by atoms with Crippen LogP contribution in [0.25, 0.3) is 11.0 Å². The molecule has 1 aliphatic rings. The van der Waals surface area contributed by atoms with Crippen molar-refractivity contribution in [3.05, 3.63) is 90.0 Å². The highest BCUT2D eigenvalue weighted by Crippen LogP contribution is 2.37. The molecule has 9 heteroatoms. The molecule has 1 aliphatic heterocycles. The molecule has 0 fully saturated rings. The number of amides is 2. The van der Waals surface area contributed by atoms with Crippen LogP contribution in [0.5, 0.6) is 0 Å². The molecule has 1 atom stereocenters. The lowest BCUT2D eigenvalue weighted by Gasteiger charge is -2.22. The summed E-state index contributed by atoms with van der Waals surface area (Å²) in [5, 5.41) is 2.79. The van der Waals surface area contributed by atoms with Crippen LogP contribution in [0.1, 0.15) is 30.4 Å². The second-order valence-corrected chi connectivity index (χ2v) is 9.75. The van der Waals surface area contributed by atoms with Crippen molar-refractivity contribution in [2.75, 3.05) is 37.4 Å². The average molecular weight is 525 g/mol. The SMILES string of the molecule is CC(=O)N(CCCN(C)C)c1ccc(N=C(c2ccc3nccnc3c2)C2C(=O)Nc3cc(F)ccc32)cc1. The van der Waals surface area contributed by atoms with Crippen molar-refractivity contribution in [3.8, 4) is 0 Å². The Morgan fingerprint density at radius 2 is 1.72 bits per heavy atom. The monoisotopic (exact) mass is 524 g/mol. The minimum absolute atomic E-state index is 0.0329. The smallest absolute Gasteiger partial charge is 0.238 e. The van der Waals surface area contributed by atoms with Crippen LogP contribution in [0.4, 0.5) is 21.5 Å². The van der Waals surface area contributed by atoms with E-state index in [0.717, 1.165) is 24.2 Å². The maximum absolute atomic E-state index is 13.9. The van der Waals surface area contributed by atoms with Gasteiger partial charge in [-0.15, -0.1) is 0 Å². The molecule has 198 valence electrons. The molecule has 0 saturated heterocycles. The summed E-state index contributed by atoms with van der Waals surface area (Å²) in [7, 11) is 4.01. The number of nitrogens with zero attached hydrogens (tertiary/aromatic N) is 5. The van der Waals surface area contributed by atoms with Crippen molar-refractivity contribution >= 4 is 45.6 Å². The lowest BCUT2D eigenvalue weighted by Crippen LogP contribution is -2.31. The topological polar surface area (TPSA) is 90.8 Å². The number of hydrogen-bond donors (Lipinski definition) is 1. The number of carbonyl (C=O) groups is 2. The molecule has 1 N–H and O–H groups in total. The van der Waals surface area contributed by atoms with E-state index in [-0.39, 0.29) is 11.8 Å². The molecule has 2 heterocycles. The number of fused-ring (bicyclic) bond motifs is 2. The zero-order chi connectivity index (χ0) is 27.5. The number of aromatic nitrogens is 2. The summed E-state index contributed by atoms with van der Waals surface area (Å²) >= 11 is 0. The minimum atomic E-state index is -0.742. The Morgan fingerprint density at radius 3 is 2.44 bits per heavy atom. The Balaban J connectivity index is 1.54. The largest absolute Gasteiger partial charge is 0.325 e. The number of benzene rings is 3. The van der Waals surface area contributed by atoms with Crippen LogP contribution in [0, 0.1) is 5.82 Å². The molecule has 1 unspecified atom stereocenters. The fourth-order valence-electron chi connectivity index (χ4n) is 4.78. The summed E-state index contributed by atoms with van der Waals surface area (Å²) in [6, 6.07) is 17.2. The van der Waals surface area contributed by atoms with E-state index in [4.69, 9.17) is 4.99 Å². The van der Waals surface area contributed by atoms with Gasteiger partial charge < -0.3 is 15.1 Å². The quantitative estimate of drug-likeness (QED) is 0.330. The zero-order valence-electron chi connectivity index (χ0n) is 22.1. The molecular formula is C30H29FN6O2. The second-order valence-electron chi connectivity index (χ2n) is 9.75. The highest BCUT2D eigenvalue weighted by atomic mass is 19.1. The molecule has 5 rings (SSSR count). The van der Waals surface area contributed by atoms with Crippen LogP contribution in [-0.2, 0) is 9.59 Å². The van der Waals surface area contributed by atoms with Crippen LogP contribution >= 0.6 is 0 Å². The molecule has 0 spiro atoms. The molecule has 0 saturated carbocycles. The summed E-state index contributed by atoms with van der Waals surface area (Å²) in [6.07, 6.45) is 4.08. The number of rotatable bonds is 8. The van der Waals surface area contributed by atoms with E-state index >= 15 is 0 Å². The van der Waals surface area contributed by atoms with Gasteiger partial charge in [0.2, 0.25) is 11.8 Å². The maximum atomic E-state index is 13.9. The first kappa shape index (κ1) is 26.1. The van der Waals surface area contributed by atoms with E-state index < -0.39 is 11.7 Å². The zero-order valence-corrected chi connectivity index (χ0v) is 22.1. The number of nitrogens with one attached hydrogen (secondary N) is 1. The summed E-state index contributed by atoms with van der Waals surface area (Å²) in [5.41, 5.74) is 5.09. The molecule has 0 bridgehead atoms. The van der Waals surface area contributed by atoms with E-state index in [1.807, 2.05) is 56.6 Å².